The van der Waals surface area contributed by atoms with Crippen molar-refractivity contribution in [1.82, 2.24) is 4.72 Å². The molecular weight excluding hydrogens is 306 g/mol. The molecule has 2 rings (SSSR count). The van der Waals surface area contributed by atoms with Gasteiger partial charge in [0.2, 0.25) is 0 Å². The third-order valence-electron chi connectivity index (χ3n) is 3.88. The smallest absolute Gasteiger partial charge is 0.337 e. The van der Waals surface area contributed by atoms with Gasteiger partial charge in [0.25, 0.3) is 0 Å². The molecule has 2 atom stereocenters. The minimum absolute atomic E-state index is 0.410. The lowest BCUT2D eigenvalue weighted by Gasteiger charge is -2.25. The predicted octanol–water partition coefficient (Wildman–Crippen LogP) is 1.97. The number of rotatable bonds is 7. The van der Waals surface area contributed by atoms with Crippen molar-refractivity contribution in [2.75, 3.05) is 7.11 Å². The van der Waals surface area contributed by atoms with E-state index in [2.05, 4.69) is 8.91 Å². The zero-order valence-electron chi connectivity index (χ0n) is 13.1. The molecule has 0 spiro atoms. The third kappa shape index (κ3) is 4.05. The Morgan fingerprint density at radius 3 is 2.36 bits per heavy atom. The first kappa shape index (κ1) is 17.4. The van der Waals surface area contributed by atoms with Gasteiger partial charge in [-0.3, -0.25) is 4.18 Å². The second-order valence-electron chi connectivity index (χ2n) is 5.24. The maximum atomic E-state index is 11.7. The lowest BCUT2D eigenvalue weighted by molar-refractivity contribution is -0.179. The van der Waals surface area contributed by atoms with Crippen molar-refractivity contribution in [3.8, 4) is 0 Å². The zero-order valence-corrected chi connectivity index (χ0v) is 13.9. The van der Waals surface area contributed by atoms with Crippen LogP contribution in [0, 0.1) is 0 Å². The summed E-state index contributed by atoms with van der Waals surface area (Å²) in [5, 5.41) is 0. The number of benzene rings is 1. The lowest BCUT2D eigenvalue weighted by Crippen LogP contribution is -2.43. The van der Waals surface area contributed by atoms with Gasteiger partial charge in [0.05, 0.1) is 7.11 Å². The Balaban J connectivity index is 2.19. The van der Waals surface area contributed by atoms with Crippen LogP contribution in [0.25, 0.3) is 0 Å². The van der Waals surface area contributed by atoms with Gasteiger partial charge in [0.1, 0.15) is 6.10 Å². The van der Waals surface area contributed by atoms with Crippen LogP contribution in [-0.2, 0) is 30.4 Å². The maximum Gasteiger partial charge on any atom is 0.337 e. The standard InChI is InChI=1S/C15H23NO5S/c1-4-15(5-2)20-13(11-12-9-7-6-8-10-12)14(21-15)16-22(17,18)19-3/h6-10,13-14,16H,4-5,11H2,1-3H3. The summed E-state index contributed by atoms with van der Waals surface area (Å²) < 4.78 is 42.1. The zero-order chi connectivity index (χ0) is 16.2. The van der Waals surface area contributed by atoms with Crippen LogP contribution in [-0.4, -0.2) is 33.6 Å². The van der Waals surface area contributed by atoms with Crippen LogP contribution < -0.4 is 4.72 Å². The average molecular weight is 329 g/mol. The van der Waals surface area contributed by atoms with Gasteiger partial charge in [-0.2, -0.15) is 13.1 Å². The second kappa shape index (κ2) is 7.06. The Labute approximate surface area is 132 Å². The summed E-state index contributed by atoms with van der Waals surface area (Å²) in [6, 6.07) is 9.76. The molecule has 6 nitrogen and oxygen atoms in total. The molecule has 0 aliphatic carbocycles. The fraction of sp³-hybridized carbons (Fsp3) is 0.600. The molecule has 124 valence electrons. The molecule has 0 radical (unpaired) electrons. The molecule has 0 aromatic heterocycles. The Kier molecular flexibility index (Phi) is 5.57. The van der Waals surface area contributed by atoms with Crippen molar-refractivity contribution in [2.45, 2.75) is 51.2 Å². The van der Waals surface area contributed by atoms with E-state index in [1.165, 1.54) is 0 Å². The monoisotopic (exact) mass is 329 g/mol. The molecule has 1 fully saturated rings. The summed E-state index contributed by atoms with van der Waals surface area (Å²) in [7, 11) is -2.74. The van der Waals surface area contributed by atoms with Gasteiger partial charge in [-0.25, -0.2) is 0 Å². The summed E-state index contributed by atoms with van der Waals surface area (Å²) >= 11 is 0. The molecule has 7 heteroatoms. The molecule has 1 aliphatic heterocycles. The van der Waals surface area contributed by atoms with Gasteiger partial charge in [0.15, 0.2) is 12.0 Å². The second-order valence-corrected chi connectivity index (χ2v) is 6.72. The van der Waals surface area contributed by atoms with Crippen molar-refractivity contribution >= 4 is 10.3 Å². The van der Waals surface area contributed by atoms with Crippen molar-refractivity contribution < 1.29 is 22.1 Å². The quantitative estimate of drug-likeness (QED) is 0.828. The van der Waals surface area contributed by atoms with Gasteiger partial charge in [-0.15, -0.1) is 0 Å². The van der Waals surface area contributed by atoms with Crippen molar-refractivity contribution in [2.24, 2.45) is 0 Å². The SMILES string of the molecule is CCC1(CC)OC(Cc2ccccc2)C(NS(=O)(=O)OC)O1. The topological polar surface area (TPSA) is 73.9 Å². The minimum Gasteiger partial charge on any atom is -0.342 e. The highest BCUT2D eigenvalue weighted by Gasteiger charge is 2.46. The van der Waals surface area contributed by atoms with E-state index in [9.17, 15) is 8.42 Å². The molecule has 1 heterocycles. The van der Waals surface area contributed by atoms with Crippen LogP contribution in [0.1, 0.15) is 32.3 Å². The normalized spacial score (nSPS) is 24.5. The van der Waals surface area contributed by atoms with E-state index in [0.29, 0.717) is 19.3 Å². The molecule has 0 bridgehead atoms. The van der Waals surface area contributed by atoms with Crippen LogP contribution >= 0.6 is 0 Å². The van der Waals surface area contributed by atoms with E-state index in [4.69, 9.17) is 9.47 Å². The lowest BCUT2D eigenvalue weighted by atomic mass is 10.1. The van der Waals surface area contributed by atoms with E-state index < -0.39 is 28.4 Å². The molecule has 2 unspecified atom stereocenters. The van der Waals surface area contributed by atoms with Crippen LogP contribution in [0.4, 0.5) is 0 Å². The predicted molar refractivity (Wildman–Crippen MR) is 82.3 cm³/mol. The minimum atomic E-state index is -3.85. The van der Waals surface area contributed by atoms with Crippen LogP contribution in [0.15, 0.2) is 30.3 Å². The highest BCUT2D eigenvalue weighted by molar-refractivity contribution is 7.84. The van der Waals surface area contributed by atoms with E-state index >= 15 is 0 Å². The van der Waals surface area contributed by atoms with Gasteiger partial charge < -0.3 is 9.47 Å². The summed E-state index contributed by atoms with van der Waals surface area (Å²) in [6.45, 7) is 3.91. The molecule has 1 N–H and O–H groups in total. The molecule has 1 aliphatic rings. The van der Waals surface area contributed by atoms with Gasteiger partial charge in [-0.05, 0) is 18.4 Å². The van der Waals surface area contributed by atoms with E-state index in [0.717, 1.165) is 12.7 Å². The Hall–Kier alpha value is -0.990. The molecule has 1 saturated heterocycles. The number of hydrogen-bond acceptors (Lipinski definition) is 5. The first-order chi connectivity index (χ1) is 10.4. The van der Waals surface area contributed by atoms with Crippen LogP contribution in [0.5, 0.6) is 0 Å². The van der Waals surface area contributed by atoms with Crippen molar-refractivity contribution in [3.63, 3.8) is 0 Å². The highest BCUT2D eigenvalue weighted by atomic mass is 32.2. The van der Waals surface area contributed by atoms with Crippen LogP contribution in [0.3, 0.4) is 0 Å². The molecular formula is C15H23NO5S. The Morgan fingerprint density at radius 2 is 1.82 bits per heavy atom. The molecule has 1 aromatic carbocycles. The van der Waals surface area contributed by atoms with E-state index in [-0.39, 0.29) is 0 Å². The fourth-order valence-electron chi connectivity index (χ4n) is 2.54. The first-order valence-electron chi connectivity index (χ1n) is 7.41. The molecule has 0 saturated carbocycles. The summed E-state index contributed by atoms with van der Waals surface area (Å²) in [5.41, 5.74) is 1.06. The summed E-state index contributed by atoms with van der Waals surface area (Å²) in [5.74, 6) is -0.764. The molecule has 0 amide bonds. The maximum absolute atomic E-state index is 11.7. The van der Waals surface area contributed by atoms with Gasteiger partial charge in [-0.1, -0.05) is 44.2 Å². The van der Waals surface area contributed by atoms with Crippen molar-refractivity contribution in [3.05, 3.63) is 35.9 Å². The van der Waals surface area contributed by atoms with Crippen LogP contribution in [0.2, 0.25) is 0 Å². The third-order valence-corrected chi connectivity index (χ3v) is 4.84. The van der Waals surface area contributed by atoms with E-state index in [1.807, 2.05) is 44.2 Å². The molecule has 22 heavy (non-hydrogen) atoms. The number of hydrogen-bond donors (Lipinski definition) is 1. The summed E-state index contributed by atoms with van der Waals surface area (Å²) in [4.78, 5) is 0. The highest BCUT2D eigenvalue weighted by Crippen LogP contribution is 2.35. The van der Waals surface area contributed by atoms with E-state index in [1.54, 1.807) is 0 Å². The Morgan fingerprint density at radius 1 is 1.18 bits per heavy atom. The average Bonchev–Trinajstić information content (AvgIpc) is 2.86. The Bertz CT molecular complexity index is 571. The summed E-state index contributed by atoms with van der Waals surface area (Å²) in [6.07, 6.45) is 0.650. The first-order valence-corrected chi connectivity index (χ1v) is 8.82. The van der Waals surface area contributed by atoms with Crippen molar-refractivity contribution in [1.29, 1.82) is 0 Å². The largest absolute Gasteiger partial charge is 0.342 e. The van der Waals surface area contributed by atoms with Gasteiger partial charge >= 0.3 is 10.3 Å². The fourth-order valence-corrected chi connectivity index (χ4v) is 3.12. The number of nitrogens with one attached hydrogen (secondary N) is 1. The number of ether oxygens (including phenoxy) is 2. The van der Waals surface area contributed by atoms with Gasteiger partial charge in [0, 0.05) is 6.42 Å². The molecule has 1 aromatic rings.